The van der Waals surface area contributed by atoms with Gasteiger partial charge in [-0.05, 0) is 59.9 Å². The molecule has 0 heterocycles. The fraction of sp³-hybridized carbons (Fsp3) is 0.333. The molecule has 0 bridgehead atoms. The van der Waals surface area contributed by atoms with Crippen molar-refractivity contribution in [1.82, 2.24) is 0 Å². The highest BCUT2D eigenvalue weighted by Crippen LogP contribution is 2.39. The highest BCUT2D eigenvalue weighted by Gasteiger charge is 2.18. The normalized spacial score (nSPS) is 11.6. The van der Waals surface area contributed by atoms with Gasteiger partial charge >= 0.3 is 0 Å². The van der Waals surface area contributed by atoms with E-state index in [9.17, 15) is 0 Å². The first-order chi connectivity index (χ1) is 7.31. The highest BCUT2D eigenvalue weighted by molar-refractivity contribution is 9.39. The second-order valence-electron chi connectivity index (χ2n) is 2.89. The Morgan fingerprint density at radius 2 is 1.62 bits per heavy atom. The summed E-state index contributed by atoms with van der Waals surface area (Å²) in [5.41, 5.74) is 0. The molecule has 1 nitrogen and oxygen atoms in total. The lowest BCUT2D eigenvalue weighted by Gasteiger charge is -2.14. The second kappa shape index (κ2) is 6.89. The van der Waals surface area contributed by atoms with E-state index in [0.29, 0.717) is 6.61 Å². The summed E-state index contributed by atoms with van der Waals surface area (Å²) in [4.78, 5) is 0. The molecule has 0 radical (unpaired) electrons. The van der Waals surface area contributed by atoms with Crippen LogP contribution in [0.5, 0.6) is 5.75 Å². The number of rotatable bonds is 3. The van der Waals surface area contributed by atoms with E-state index in [-0.39, 0.29) is 2.14 Å². The highest BCUT2D eigenvalue weighted by atomic mass is 80.0. The standard InChI is InChI=1S/C9H6Br6O/c10-5-1-2-6(8(12)7(5)11)16-4-3-9(13,14)15/h1-2H,3-4H2. The first-order valence-electron chi connectivity index (χ1n) is 4.14. The number of halogens is 6. The summed E-state index contributed by atoms with van der Waals surface area (Å²) >= 11 is 20.6. The zero-order chi connectivity index (χ0) is 12.3. The quantitative estimate of drug-likeness (QED) is 0.278. The van der Waals surface area contributed by atoms with Crippen molar-refractivity contribution in [2.75, 3.05) is 6.61 Å². The van der Waals surface area contributed by atoms with Gasteiger partial charge in [-0.25, -0.2) is 0 Å². The monoisotopic (exact) mass is 604 g/mol. The van der Waals surface area contributed by atoms with E-state index in [4.69, 9.17) is 4.74 Å². The van der Waals surface area contributed by atoms with Crippen LogP contribution in [0.3, 0.4) is 0 Å². The van der Waals surface area contributed by atoms with E-state index >= 15 is 0 Å². The van der Waals surface area contributed by atoms with Gasteiger partial charge in [-0.15, -0.1) is 0 Å². The van der Waals surface area contributed by atoms with Gasteiger partial charge in [0, 0.05) is 15.4 Å². The molecule has 0 aromatic heterocycles. The van der Waals surface area contributed by atoms with Crippen LogP contribution in [0.15, 0.2) is 25.6 Å². The molecule has 0 aliphatic rings. The van der Waals surface area contributed by atoms with Crippen LogP contribution in [0, 0.1) is 0 Å². The number of alkyl halides is 3. The summed E-state index contributed by atoms with van der Waals surface area (Å²) in [5, 5.41) is 0. The van der Waals surface area contributed by atoms with E-state index in [1.54, 1.807) is 0 Å². The number of benzene rings is 1. The van der Waals surface area contributed by atoms with Crippen LogP contribution in [0.4, 0.5) is 0 Å². The molecule has 0 spiro atoms. The van der Waals surface area contributed by atoms with Crippen molar-refractivity contribution in [1.29, 1.82) is 0 Å². The van der Waals surface area contributed by atoms with Crippen molar-refractivity contribution >= 4 is 95.6 Å². The van der Waals surface area contributed by atoms with Gasteiger partial charge in [0.25, 0.3) is 0 Å². The van der Waals surface area contributed by atoms with E-state index in [1.807, 2.05) is 12.1 Å². The number of ether oxygens (including phenoxy) is 1. The predicted molar refractivity (Wildman–Crippen MR) is 89.2 cm³/mol. The van der Waals surface area contributed by atoms with Gasteiger partial charge in [0.15, 0.2) is 0 Å². The SMILES string of the molecule is Brc1ccc(OCCC(Br)(Br)Br)c(Br)c1Br. The molecule has 7 heteroatoms. The van der Waals surface area contributed by atoms with Gasteiger partial charge in [-0.2, -0.15) is 0 Å². The lowest BCUT2D eigenvalue weighted by Crippen LogP contribution is -2.08. The van der Waals surface area contributed by atoms with Crippen molar-refractivity contribution < 1.29 is 4.74 Å². The molecule has 0 amide bonds. The molecule has 1 aromatic carbocycles. The molecular weight excluding hydrogens is 604 g/mol. The van der Waals surface area contributed by atoms with Crippen LogP contribution in [-0.2, 0) is 0 Å². The van der Waals surface area contributed by atoms with Crippen LogP contribution in [0.25, 0.3) is 0 Å². The first kappa shape index (κ1) is 16.0. The van der Waals surface area contributed by atoms with E-state index in [2.05, 4.69) is 95.6 Å². The lowest BCUT2D eigenvalue weighted by molar-refractivity contribution is 0.313. The maximum atomic E-state index is 5.66. The van der Waals surface area contributed by atoms with Crippen LogP contribution in [-0.4, -0.2) is 8.75 Å². The largest absolute Gasteiger partial charge is 0.492 e. The van der Waals surface area contributed by atoms with Gasteiger partial charge < -0.3 is 4.74 Å². The molecule has 1 aromatic rings. The topological polar surface area (TPSA) is 9.23 Å². The Labute approximate surface area is 145 Å². The van der Waals surface area contributed by atoms with Crippen molar-refractivity contribution in [3.05, 3.63) is 25.6 Å². The molecule has 0 aliphatic heterocycles. The average Bonchev–Trinajstić information content (AvgIpc) is 2.16. The van der Waals surface area contributed by atoms with Crippen LogP contribution < -0.4 is 4.74 Å². The molecule has 0 atom stereocenters. The fourth-order valence-electron chi connectivity index (χ4n) is 0.896. The van der Waals surface area contributed by atoms with Crippen LogP contribution in [0.1, 0.15) is 6.42 Å². The van der Waals surface area contributed by atoms with Crippen LogP contribution >= 0.6 is 95.6 Å². The Morgan fingerprint density at radius 3 is 2.19 bits per heavy atom. The minimum atomic E-state index is -0.258. The number of hydrogen-bond donors (Lipinski definition) is 0. The molecular formula is C9H6Br6O. The van der Waals surface area contributed by atoms with E-state index in [1.165, 1.54) is 0 Å². The third-order valence-corrected chi connectivity index (χ3v) is 6.17. The minimum absolute atomic E-state index is 0.258. The van der Waals surface area contributed by atoms with Gasteiger partial charge in [0.2, 0.25) is 0 Å². The summed E-state index contributed by atoms with van der Waals surface area (Å²) in [6.07, 6.45) is 0.785. The third kappa shape index (κ3) is 5.26. The zero-order valence-corrected chi connectivity index (χ0v) is 17.3. The Hall–Kier alpha value is 1.90. The van der Waals surface area contributed by atoms with E-state index < -0.39 is 0 Å². The molecule has 16 heavy (non-hydrogen) atoms. The van der Waals surface area contributed by atoms with Crippen molar-refractivity contribution in [3.8, 4) is 5.75 Å². The molecule has 0 N–H and O–H groups in total. The minimum Gasteiger partial charge on any atom is -0.492 e. The lowest BCUT2D eigenvalue weighted by atomic mass is 10.3. The Morgan fingerprint density at radius 1 is 1.00 bits per heavy atom. The number of hydrogen-bond acceptors (Lipinski definition) is 1. The smallest absolute Gasteiger partial charge is 0.138 e. The van der Waals surface area contributed by atoms with Crippen LogP contribution in [0.2, 0.25) is 0 Å². The first-order valence-corrected chi connectivity index (χ1v) is 8.90. The second-order valence-corrected chi connectivity index (χ2v) is 12.6. The summed E-state index contributed by atoms with van der Waals surface area (Å²) in [7, 11) is 0. The summed E-state index contributed by atoms with van der Waals surface area (Å²) in [5.74, 6) is 0.812. The maximum absolute atomic E-state index is 5.66. The third-order valence-electron chi connectivity index (χ3n) is 1.64. The van der Waals surface area contributed by atoms with Crippen molar-refractivity contribution in [2.45, 2.75) is 8.56 Å². The Balaban J connectivity index is 2.65. The van der Waals surface area contributed by atoms with E-state index in [0.717, 1.165) is 25.6 Å². The molecule has 0 aliphatic carbocycles. The fourth-order valence-corrected chi connectivity index (χ4v) is 2.77. The predicted octanol–water partition coefficient (Wildman–Crippen LogP) is 6.58. The molecule has 0 saturated heterocycles. The Kier molecular flexibility index (Phi) is 6.87. The molecule has 1 rings (SSSR count). The molecule has 0 fully saturated rings. The maximum Gasteiger partial charge on any atom is 0.138 e. The summed E-state index contributed by atoms with van der Waals surface area (Å²) in [6.45, 7) is 0.592. The van der Waals surface area contributed by atoms with Gasteiger partial charge in [0.1, 0.15) is 7.89 Å². The van der Waals surface area contributed by atoms with Gasteiger partial charge in [0.05, 0.1) is 11.1 Å². The summed E-state index contributed by atoms with van der Waals surface area (Å²) < 4.78 is 8.25. The van der Waals surface area contributed by atoms with Gasteiger partial charge in [-0.1, -0.05) is 47.8 Å². The summed E-state index contributed by atoms with van der Waals surface area (Å²) in [6, 6.07) is 3.85. The zero-order valence-electron chi connectivity index (χ0n) is 7.74. The Bertz CT molecular complexity index is 373. The van der Waals surface area contributed by atoms with Crippen molar-refractivity contribution in [2.24, 2.45) is 0 Å². The van der Waals surface area contributed by atoms with Crippen molar-refractivity contribution in [3.63, 3.8) is 0 Å². The molecule has 0 unspecified atom stereocenters. The molecule has 0 saturated carbocycles. The molecule has 90 valence electrons. The average molecular weight is 610 g/mol. The van der Waals surface area contributed by atoms with Gasteiger partial charge in [-0.3, -0.25) is 0 Å².